The maximum atomic E-state index is 11.5. The third-order valence-corrected chi connectivity index (χ3v) is 2.85. The minimum Gasteiger partial charge on any atom is -0.378 e. The van der Waals surface area contributed by atoms with Crippen LogP contribution in [0.15, 0.2) is 0 Å². The molecule has 0 rings (SSSR count). The van der Waals surface area contributed by atoms with Crippen LogP contribution < -0.4 is 16.0 Å². The lowest BCUT2D eigenvalue weighted by Crippen LogP contribution is -2.33. The van der Waals surface area contributed by atoms with Gasteiger partial charge in [0.2, 0.25) is 11.8 Å². The molecule has 0 saturated carbocycles. The van der Waals surface area contributed by atoms with Crippen LogP contribution in [-0.4, -0.2) is 91.4 Å². The highest BCUT2D eigenvalue weighted by atomic mass is 16.5. The lowest BCUT2D eigenvalue weighted by molar-refractivity contribution is -0.131. The number of hydrogen-bond donors (Lipinski definition) is 3. The normalized spacial score (nSPS) is 10.6. The number of carbonyl (C=O) groups is 2. The van der Waals surface area contributed by atoms with Crippen LogP contribution in [-0.2, 0) is 28.5 Å². The Morgan fingerprint density at radius 2 is 1.16 bits per heavy atom. The molecule has 9 nitrogen and oxygen atoms in total. The molecule has 0 aliphatic rings. The van der Waals surface area contributed by atoms with Crippen LogP contribution in [0.5, 0.6) is 0 Å². The van der Waals surface area contributed by atoms with E-state index in [0.717, 1.165) is 13.0 Å². The Morgan fingerprint density at radius 1 is 0.680 bits per heavy atom. The van der Waals surface area contributed by atoms with Crippen LogP contribution in [0.3, 0.4) is 0 Å². The predicted octanol–water partition coefficient (Wildman–Crippen LogP) is -1.09. The summed E-state index contributed by atoms with van der Waals surface area (Å²) >= 11 is 0. The summed E-state index contributed by atoms with van der Waals surface area (Å²) in [6.45, 7) is 6.64. The van der Waals surface area contributed by atoms with Gasteiger partial charge in [-0.15, -0.1) is 0 Å². The molecule has 25 heavy (non-hydrogen) atoms. The van der Waals surface area contributed by atoms with Gasteiger partial charge in [-0.2, -0.15) is 0 Å². The number of rotatable bonds is 18. The molecule has 2 amide bonds. The SMILES string of the molecule is CCCNC(=O)COCC(=O)NCCOCCOCCOCCNC. The molecule has 0 aromatic rings. The van der Waals surface area contributed by atoms with E-state index in [1.165, 1.54) is 0 Å². The zero-order chi connectivity index (χ0) is 18.6. The summed E-state index contributed by atoms with van der Waals surface area (Å²) in [7, 11) is 1.87. The van der Waals surface area contributed by atoms with Gasteiger partial charge in [0.25, 0.3) is 0 Å². The van der Waals surface area contributed by atoms with Crippen molar-refractivity contribution in [2.24, 2.45) is 0 Å². The van der Waals surface area contributed by atoms with Crippen LogP contribution in [0, 0.1) is 0 Å². The van der Waals surface area contributed by atoms with Crippen molar-refractivity contribution in [3.05, 3.63) is 0 Å². The fourth-order valence-corrected chi connectivity index (χ4v) is 1.58. The topological polar surface area (TPSA) is 107 Å². The molecule has 0 aliphatic carbocycles. The second kappa shape index (κ2) is 19.1. The van der Waals surface area contributed by atoms with Crippen molar-refractivity contribution in [2.75, 3.05) is 79.5 Å². The molecule has 0 unspecified atom stereocenters. The molecule has 0 atom stereocenters. The van der Waals surface area contributed by atoms with Crippen molar-refractivity contribution >= 4 is 11.8 Å². The van der Waals surface area contributed by atoms with Crippen molar-refractivity contribution in [2.45, 2.75) is 13.3 Å². The molecule has 0 aromatic carbocycles. The Kier molecular flexibility index (Phi) is 18.1. The number of hydrogen-bond acceptors (Lipinski definition) is 7. The van der Waals surface area contributed by atoms with E-state index in [1.54, 1.807) is 0 Å². The van der Waals surface area contributed by atoms with Gasteiger partial charge in [0.1, 0.15) is 13.2 Å². The molecule has 0 radical (unpaired) electrons. The van der Waals surface area contributed by atoms with Crippen LogP contribution in [0.4, 0.5) is 0 Å². The summed E-state index contributed by atoms with van der Waals surface area (Å²) in [5.74, 6) is -0.493. The molecule has 0 spiro atoms. The summed E-state index contributed by atoms with van der Waals surface area (Å²) < 4.78 is 21.0. The lowest BCUT2D eigenvalue weighted by atomic mass is 10.5. The first-order valence-electron chi connectivity index (χ1n) is 8.69. The minimum absolute atomic E-state index is 0.111. The third-order valence-electron chi connectivity index (χ3n) is 2.85. The van der Waals surface area contributed by atoms with Gasteiger partial charge in [-0.3, -0.25) is 9.59 Å². The predicted molar refractivity (Wildman–Crippen MR) is 93.5 cm³/mol. The average Bonchev–Trinajstić information content (AvgIpc) is 2.61. The summed E-state index contributed by atoms with van der Waals surface area (Å²) in [4.78, 5) is 22.7. The highest BCUT2D eigenvalue weighted by Crippen LogP contribution is 1.82. The van der Waals surface area contributed by atoms with Gasteiger partial charge in [-0.05, 0) is 13.5 Å². The summed E-state index contributed by atoms with van der Waals surface area (Å²) in [6, 6.07) is 0. The van der Waals surface area contributed by atoms with E-state index < -0.39 is 0 Å². The van der Waals surface area contributed by atoms with E-state index in [1.807, 2.05) is 14.0 Å². The molecule has 0 saturated heterocycles. The van der Waals surface area contributed by atoms with Crippen LogP contribution in [0.1, 0.15) is 13.3 Å². The Labute approximate surface area is 150 Å². The molecular formula is C16H33N3O6. The second-order valence-corrected chi connectivity index (χ2v) is 5.13. The van der Waals surface area contributed by atoms with Gasteiger partial charge in [0, 0.05) is 19.6 Å². The molecule has 148 valence electrons. The van der Waals surface area contributed by atoms with Crippen LogP contribution in [0.25, 0.3) is 0 Å². The van der Waals surface area contributed by atoms with E-state index in [9.17, 15) is 9.59 Å². The van der Waals surface area contributed by atoms with Crippen molar-refractivity contribution in [1.82, 2.24) is 16.0 Å². The summed E-state index contributed by atoms with van der Waals surface area (Å²) in [6.07, 6.45) is 0.863. The van der Waals surface area contributed by atoms with E-state index in [2.05, 4.69) is 16.0 Å². The van der Waals surface area contributed by atoms with Crippen molar-refractivity contribution in [3.63, 3.8) is 0 Å². The number of carbonyl (C=O) groups excluding carboxylic acids is 2. The fraction of sp³-hybridized carbons (Fsp3) is 0.875. The highest BCUT2D eigenvalue weighted by molar-refractivity contribution is 5.79. The first-order valence-corrected chi connectivity index (χ1v) is 8.69. The Balaban J connectivity index is 3.23. The second-order valence-electron chi connectivity index (χ2n) is 5.13. The third kappa shape index (κ3) is 18.9. The van der Waals surface area contributed by atoms with Crippen LogP contribution in [0.2, 0.25) is 0 Å². The van der Waals surface area contributed by atoms with Crippen molar-refractivity contribution in [1.29, 1.82) is 0 Å². The molecule has 0 fully saturated rings. The fourth-order valence-electron chi connectivity index (χ4n) is 1.58. The Morgan fingerprint density at radius 3 is 1.68 bits per heavy atom. The molecule has 0 heterocycles. The van der Waals surface area contributed by atoms with Gasteiger partial charge in [-0.25, -0.2) is 0 Å². The van der Waals surface area contributed by atoms with E-state index >= 15 is 0 Å². The largest absolute Gasteiger partial charge is 0.378 e. The molecule has 3 N–H and O–H groups in total. The van der Waals surface area contributed by atoms with E-state index in [0.29, 0.717) is 52.7 Å². The molecule has 0 aromatic heterocycles. The maximum Gasteiger partial charge on any atom is 0.246 e. The van der Waals surface area contributed by atoms with Gasteiger partial charge < -0.3 is 34.9 Å². The first kappa shape index (κ1) is 23.7. The Hall–Kier alpha value is -1.26. The van der Waals surface area contributed by atoms with Crippen LogP contribution >= 0.6 is 0 Å². The van der Waals surface area contributed by atoms with E-state index in [4.69, 9.17) is 18.9 Å². The molecule has 9 heteroatoms. The van der Waals surface area contributed by atoms with E-state index in [-0.39, 0.29) is 25.0 Å². The van der Waals surface area contributed by atoms with Gasteiger partial charge >= 0.3 is 0 Å². The zero-order valence-electron chi connectivity index (χ0n) is 15.4. The smallest absolute Gasteiger partial charge is 0.246 e. The highest BCUT2D eigenvalue weighted by Gasteiger charge is 2.04. The zero-order valence-corrected chi connectivity index (χ0v) is 15.4. The monoisotopic (exact) mass is 363 g/mol. The maximum absolute atomic E-state index is 11.5. The Bertz CT molecular complexity index is 331. The first-order chi connectivity index (χ1) is 12.2. The minimum atomic E-state index is -0.276. The molecule has 0 aliphatic heterocycles. The van der Waals surface area contributed by atoms with Gasteiger partial charge in [0.05, 0.1) is 39.6 Å². The van der Waals surface area contributed by atoms with Gasteiger partial charge in [0.15, 0.2) is 0 Å². The number of nitrogens with one attached hydrogen (secondary N) is 3. The van der Waals surface area contributed by atoms with Gasteiger partial charge in [-0.1, -0.05) is 6.92 Å². The van der Waals surface area contributed by atoms with Crippen molar-refractivity contribution in [3.8, 4) is 0 Å². The number of amides is 2. The average molecular weight is 363 g/mol. The quantitative estimate of drug-likeness (QED) is 0.266. The number of ether oxygens (including phenoxy) is 4. The molecular weight excluding hydrogens is 330 g/mol. The summed E-state index contributed by atoms with van der Waals surface area (Å²) in [5, 5.41) is 8.29. The number of likely N-dealkylation sites (N-methyl/N-ethyl adjacent to an activating group) is 1. The summed E-state index contributed by atoms with van der Waals surface area (Å²) in [5.41, 5.74) is 0. The molecule has 0 bridgehead atoms. The standard InChI is InChI=1S/C16H33N3O6/c1-3-4-18-15(20)13-25-14-16(21)19-6-8-23-10-12-24-11-9-22-7-5-17-2/h17H,3-14H2,1-2H3,(H,18,20)(H,19,21). The van der Waals surface area contributed by atoms with Crippen molar-refractivity contribution < 1.29 is 28.5 Å². The lowest BCUT2D eigenvalue weighted by Gasteiger charge is -2.08.